The Morgan fingerprint density at radius 3 is 3.00 bits per heavy atom. The van der Waals surface area contributed by atoms with Crippen LogP contribution in [-0.2, 0) is 11.2 Å². The normalized spacial score (nSPS) is 12.2. The Morgan fingerprint density at radius 1 is 1.55 bits per heavy atom. The van der Waals surface area contributed by atoms with Crippen molar-refractivity contribution in [3.8, 4) is 0 Å². The summed E-state index contributed by atoms with van der Waals surface area (Å²) in [5, 5.41) is 3.32. The number of halogens is 1. The summed E-state index contributed by atoms with van der Waals surface area (Å²) in [6.45, 7) is 3.81. The van der Waals surface area contributed by atoms with Crippen LogP contribution in [0.15, 0.2) is 30.6 Å². The third-order valence-electron chi connectivity index (χ3n) is 3.14. The van der Waals surface area contributed by atoms with Crippen LogP contribution in [-0.4, -0.2) is 15.5 Å². The molecule has 6 heteroatoms. The average molecular weight is 293 g/mol. The number of nitrogens with zero attached hydrogens (tertiary/aromatic N) is 2. The van der Waals surface area contributed by atoms with Gasteiger partial charge in [-0.15, -0.1) is 0 Å². The zero-order valence-electron chi connectivity index (χ0n) is 11.4. The molecule has 5 nitrogen and oxygen atoms in total. The van der Waals surface area contributed by atoms with Gasteiger partial charge in [0.2, 0.25) is 5.91 Å². The van der Waals surface area contributed by atoms with Crippen LogP contribution in [0, 0.1) is 0 Å². The Kier molecular flexibility index (Phi) is 4.29. The molecular weight excluding hydrogens is 276 g/mol. The van der Waals surface area contributed by atoms with E-state index in [4.69, 9.17) is 17.3 Å². The first-order valence-corrected chi connectivity index (χ1v) is 6.78. The van der Waals surface area contributed by atoms with Crippen LogP contribution in [0.4, 0.5) is 11.4 Å². The van der Waals surface area contributed by atoms with Crippen molar-refractivity contribution < 1.29 is 4.79 Å². The van der Waals surface area contributed by atoms with Crippen molar-refractivity contribution in [3.05, 3.63) is 41.4 Å². The van der Waals surface area contributed by atoms with E-state index in [1.807, 2.05) is 18.4 Å². The monoisotopic (exact) mass is 292 g/mol. The number of nitrogens with one attached hydrogen (secondary N) is 1. The number of carbonyl (C=O) groups excluding carboxylic acids is 1. The first-order chi connectivity index (χ1) is 9.52. The van der Waals surface area contributed by atoms with Crippen LogP contribution in [0.5, 0.6) is 0 Å². The van der Waals surface area contributed by atoms with E-state index in [0.29, 0.717) is 16.4 Å². The average Bonchev–Trinajstić information content (AvgIpc) is 2.90. The molecule has 1 amide bonds. The Morgan fingerprint density at radius 2 is 2.30 bits per heavy atom. The lowest BCUT2D eigenvalue weighted by molar-refractivity contribution is -0.118. The number of hydrogen-bond donors (Lipinski definition) is 2. The topological polar surface area (TPSA) is 72.9 Å². The van der Waals surface area contributed by atoms with E-state index in [1.165, 1.54) is 0 Å². The Hall–Kier alpha value is -2.01. The van der Waals surface area contributed by atoms with Crippen LogP contribution < -0.4 is 11.1 Å². The molecule has 20 heavy (non-hydrogen) atoms. The number of aromatic nitrogens is 2. The Balaban J connectivity index is 2.18. The van der Waals surface area contributed by atoms with Crippen LogP contribution in [0.2, 0.25) is 5.02 Å². The number of aryl methyl sites for hydroxylation is 1. The SMILES string of the molecule is CCc1nccn1C(C)C(=O)Nc1cc(Cl)ccc1N. The zero-order chi connectivity index (χ0) is 14.7. The number of amides is 1. The summed E-state index contributed by atoms with van der Waals surface area (Å²) >= 11 is 5.91. The summed E-state index contributed by atoms with van der Waals surface area (Å²) < 4.78 is 1.84. The molecule has 0 aliphatic rings. The van der Waals surface area contributed by atoms with E-state index in [-0.39, 0.29) is 11.9 Å². The van der Waals surface area contributed by atoms with Gasteiger partial charge in [0.25, 0.3) is 0 Å². The number of nitrogens with two attached hydrogens (primary N) is 1. The minimum atomic E-state index is -0.370. The molecule has 106 valence electrons. The molecular formula is C14H17ClN4O. The minimum absolute atomic E-state index is 0.160. The van der Waals surface area contributed by atoms with Gasteiger partial charge >= 0.3 is 0 Å². The molecule has 1 heterocycles. The predicted octanol–water partition coefficient (Wildman–Crippen LogP) is 2.88. The molecule has 1 unspecified atom stereocenters. The van der Waals surface area contributed by atoms with Gasteiger partial charge in [-0.2, -0.15) is 0 Å². The second kappa shape index (κ2) is 5.96. The highest BCUT2D eigenvalue weighted by atomic mass is 35.5. The smallest absolute Gasteiger partial charge is 0.247 e. The number of imidazole rings is 1. The van der Waals surface area contributed by atoms with Gasteiger partial charge in [-0.3, -0.25) is 4.79 Å². The van der Waals surface area contributed by atoms with E-state index in [2.05, 4.69) is 10.3 Å². The summed E-state index contributed by atoms with van der Waals surface area (Å²) in [6, 6.07) is 4.61. The molecule has 1 atom stereocenters. The van der Waals surface area contributed by atoms with Crippen LogP contribution in [0.25, 0.3) is 0 Å². The summed E-state index contributed by atoms with van der Waals surface area (Å²) in [5.74, 6) is 0.707. The summed E-state index contributed by atoms with van der Waals surface area (Å²) in [4.78, 5) is 16.5. The molecule has 0 radical (unpaired) electrons. The molecule has 0 saturated heterocycles. The first-order valence-electron chi connectivity index (χ1n) is 6.40. The molecule has 0 fully saturated rings. The van der Waals surface area contributed by atoms with Gasteiger partial charge in [0.15, 0.2) is 0 Å². The van der Waals surface area contributed by atoms with E-state index in [9.17, 15) is 4.79 Å². The number of nitrogen functional groups attached to an aromatic ring is 1. The van der Waals surface area contributed by atoms with Gasteiger partial charge in [0.1, 0.15) is 11.9 Å². The fourth-order valence-electron chi connectivity index (χ4n) is 1.97. The standard InChI is InChI=1S/C14H17ClN4O/c1-3-13-17-6-7-19(13)9(2)14(20)18-12-8-10(15)4-5-11(12)16/h4-9H,3,16H2,1-2H3,(H,18,20). The molecule has 1 aromatic carbocycles. The van der Waals surface area contributed by atoms with Crippen LogP contribution >= 0.6 is 11.6 Å². The number of benzene rings is 1. The van der Waals surface area contributed by atoms with E-state index in [0.717, 1.165) is 12.2 Å². The van der Waals surface area contributed by atoms with E-state index < -0.39 is 0 Å². The number of hydrogen-bond acceptors (Lipinski definition) is 3. The molecule has 0 spiro atoms. The zero-order valence-corrected chi connectivity index (χ0v) is 12.2. The quantitative estimate of drug-likeness (QED) is 0.851. The summed E-state index contributed by atoms with van der Waals surface area (Å²) in [5.41, 5.74) is 6.82. The lowest BCUT2D eigenvalue weighted by Crippen LogP contribution is -2.25. The molecule has 2 aromatic rings. The molecule has 1 aromatic heterocycles. The lowest BCUT2D eigenvalue weighted by atomic mass is 10.2. The highest BCUT2D eigenvalue weighted by molar-refractivity contribution is 6.31. The van der Waals surface area contributed by atoms with Gasteiger partial charge in [-0.05, 0) is 25.1 Å². The molecule has 0 bridgehead atoms. The molecule has 0 aliphatic carbocycles. The fraction of sp³-hybridized carbons (Fsp3) is 0.286. The fourth-order valence-corrected chi connectivity index (χ4v) is 2.14. The lowest BCUT2D eigenvalue weighted by Gasteiger charge is -2.16. The van der Waals surface area contributed by atoms with E-state index in [1.54, 1.807) is 30.6 Å². The maximum Gasteiger partial charge on any atom is 0.247 e. The highest BCUT2D eigenvalue weighted by Crippen LogP contribution is 2.24. The van der Waals surface area contributed by atoms with Crippen molar-refractivity contribution in [3.63, 3.8) is 0 Å². The summed E-state index contributed by atoms with van der Waals surface area (Å²) in [6.07, 6.45) is 4.25. The van der Waals surface area contributed by atoms with Gasteiger partial charge < -0.3 is 15.6 Å². The third kappa shape index (κ3) is 2.93. The van der Waals surface area contributed by atoms with Crippen molar-refractivity contribution in [2.75, 3.05) is 11.1 Å². The molecule has 3 N–H and O–H groups in total. The van der Waals surface area contributed by atoms with Crippen LogP contribution in [0.3, 0.4) is 0 Å². The predicted molar refractivity (Wildman–Crippen MR) is 80.8 cm³/mol. The number of anilines is 2. The Bertz CT molecular complexity index is 623. The highest BCUT2D eigenvalue weighted by Gasteiger charge is 2.18. The van der Waals surface area contributed by atoms with Gasteiger partial charge in [-0.1, -0.05) is 18.5 Å². The number of rotatable bonds is 4. The van der Waals surface area contributed by atoms with Gasteiger partial charge in [0, 0.05) is 23.8 Å². The largest absolute Gasteiger partial charge is 0.397 e. The number of carbonyl (C=O) groups is 1. The van der Waals surface area contributed by atoms with Crippen molar-refractivity contribution in [2.24, 2.45) is 0 Å². The maximum absolute atomic E-state index is 12.3. The minimum Gasteiger partial charge on any atom is -0.397 e. The van der Waals surface area contributed by atoms with Crippen molar-refractivity contribution in [1.82, 2.24) is 9.55 Å². The van der Waals surface area contributed by atoms with Crippen molar-refractivity contribution in [1.29, 1.82) is 0 Å². The van der Waals surface area contributed by atoms with Gasteiger partial charge in [0.05, 0.1) is 11.4 Å². The third-order valence-corrected chi connectivity index (χ3v) is 3.37. The van der Waals surface area contributed by atoms with Crippen LogP contribution in [0.1, 0.15) is 25.7 Å². The first kappa shape index (κ1) is 14.4. The van der Waals surface area contributed by atoms with Crippen molar-refractivity contribution in [2.45, 2.75) is 26.3 Å². The molecule has 2 rings (SSSR count). The molecule has 0 aliphatic heterocycles. The van der Waals surface area contributed by atoms with Gasteiger partial charge in [-0.25, -0.2) is 4.98 Å². The van der Waals surface area contributed by atoms with Crippen molar-refractivity contribution >= 4 is 28.9 Å². The second-order valence-electron chi connectivity index (χ2n) is 4.50. The second-order valence-corrected chi connectivity index (χ2v) is 4.94. The van der Waals surface area contributed by atoms with E-state index >= 15 is 0 Å². The molecule has 0 saturated carbocycles. The Labute approximate surface area is 122 Å². The summed E-state index contributed by atoms with van der Waals surface area (Å²) in [7, 11) is 0. The maximum atomic E-state index is 12.3.